The molecule has 1 aromatic rings. The molecule has 1 aromatic heterocycles. The molecule has 0 aromatic carbocycles. The van der Waals surface area contributed by atoms with Gasteiger partial charge in [0, 0.05) is 25.8 Å². The van der Waals surface area contributed by atoms with Crippen molar-refractivity contribution in [2.24, 2.45) is 5.41 Å². The molecule has 2 aliphatic rings. The minimum atomic E-state index is -4.61. The maximum Gasteiger partial charge on any atom is 0.433 e. The van der Waals surface area contributed by atoms with Crippen molar-refractivity contribution in [3.05, 3.63) is 18.0 Å². The number of carbonyl (C=O) groups is 2. The first-order valence-electron chi connectivity index (χ1n) is 7.43. The first-order valence-corrected chi connectivity index (χ1v) is 7.43. The number of amides is 2. The quantitative estimate of drug-likeness (QED) is 0.842. The van der Waals surface area contributed by atoms with E-state index in [1.54, 1.807) is 0 Å². The molecule has 3 rings (SSSR count). The second kappa shape index (κ2) is 5.60. The smallest absolute Gasteiger partial charge is 0.433 e. The van der Waals surface area contributed by atoms with Crippen LogP contribution in [-0.2, 0) is 11.0 Å². The third-order valence-corrected chi connectivity index (χ3v) is 4.68. The molecule has 0 bridgehead atoms. The highest BCUT2D eigenvalue weighted by molar-refractivity contribution is 5.98. The van der Waals surface area contributed by atoms with Crippen LogP contribution < -0.4 is 4.90 Å². The van der Waals surface area contributed by atoms with Crippen molar-refractivity contribution >= 4 is 17.9 Å². The summed E-state index contributed by atoms with van der Waals surface area (Å²) in [5.74, 6) is -0.584. The number of likely N-dealkylation sites (tertiary alicyclic amines) is 1. The summed E-state index contributed by atoms with van der Waals surface area (Å²) in [6.45, 7) is 0.698. The Bertz CT molecular complexity index is 671. The first kappa shape index (κ1) is 16.5. The normalized spacial score (nSPS) is 20.7. The van der Waals surface area contributed by atoms with Crippen LogP contribution in [0.4, 0.5) is 23.9 Å². The van der Waals surface area contributed by atoms with Gasteiger partial charge in [0.1, 0.15) is 5.69 Å². The Kier molecular flexibility index (Phi) is 3.84. The van der Waals surface area contributed by atoms with Crippen LogP contribution >= 0.6 is 0 Å². The highest BCUT2D eigenvalue weighted by Gasteiger charge is 2.50. The molecule has 0 saturated carbocycles. The molecule has 1 N–H and O–H groups in total. The molecule has 24 heavy (non-hydrogen) atoms. The van der Waals surface area contributed by atoms with Crippen LogP contribution in [0.1, 0.15) is 25.0 Å². The molecule has 0 radical (unpaired) electrons. The number of alkyl halides is 3. The summed E-state index contributed by atoms with van der Waals surface area (Å²) in [4.78, 5) is 33.3. The van der Waals surface area contributed by atoms with E-state index in [1.165, 1.54) is 9.80 Å². The topological polar surface area (TPSA) is 86.6 Å². The Morgan fingerprint density at radius 1 is 1.21 bits per heavy atom. The summed E-state index contributed by atoms with van der Waals surface area (Å²) < 4.78 is 38.3. The van der Waals surface area contributed by atoms with E-state index in [0.717, 1.165) is 12.3 Å². The molecule has 0 atom stereocenters. The zero-order chi connectivity index (χ0) is 17.5. The first-order chi connectivity index (χ1) is 11.2. The van der Waals surface area contributed by atoms with E-state index in [1.807, 2.05) is 0 Å². The maximum atomic E-state index is 12.8. The van der Waals surface area contributed by atoms with Crippen LogP contribution in [-0.4, -0.2) is 51.6 Å². The highest BCUT2D eigenvalue weighted by atomic mass is 19.4. The number of nitrogens with zero attached hydrogens (tertiary/aromatic N) is 4. The van der Waals surface area contributed by atoms with Crippen LogP contribution in [0, 0.1) is 5.41 Å². The number of piperidine rings is 1. The Balaban J connectivity index is 1.79. The number of hydrogen-bond donors (Lipinski definition) is 1. The lowest BCUT2D eigenvalue weighted by Crippen LogP contribution is -2.46. The van der Waals surface area contributed by atoms with Crippen LogP contribution in [0.5, 0.6) is 0 Å². The molecule has 130 valence electrons. The third kappa shape index (κ3) is 2.76. The van der Waals surface area contributed by atoms with Crippen molar-refractivity contribution in [1.29, 1.82) is 0 Å². The minimum absolute atomic E-state index is 0.229. The predicted molar refractivity (Wildman–Crippen MR) is 75.3 cm³/mol. The third-order valence-electron chi connectivity index (χ3n) is 4.68. The molecule has 2 fully saturated rings. The van der Waals surface area contributed by atoms with Gasteiger partial charge in [-0.15, -0.1) is 0 Å². The number of carboxylic acid groups (broad SMARTS) is 1. The molecule has 0 aliphatic carbocycles. The lowest BCUT2D eigenvalue weighted by molar-refractivity contribution is -0.141. The average molecular weight is 344 g/mol. The van der Waals surface area contributed by atoms with E-state index in [2.05, 4.69) is 9.97 Å². The van der Waals surface area contributed by atoms with E-state index in [4.69, 9.17) is 5.11 Å². The molecule has 2 saturated heterocycles. The van der Waals surface area contributed by atoms with Gasteiger partial charge in [-0.3, -0.25) is 9.69 Å². The molecule has 1 spiro atoms. The van der Waals surface area contributed by atoms with Gasteiger partial charge >= 0.3 is 12.3 Å². The van der Waals surface area contributed by atoms with Gasteiger partial charge in [-0.2, -0.15) is 13.2 Å². The van der Waals surface area contributed by atoms with Crippen molar-refractivity contribution in [2.75, 3.05) is 24.5 Å². The van der Waals surface area contributed by atoms with Gasteiger partial charge in [0.05, 0.1) is 5.41 Å². The molecule has 7 nitrogen and oxygen atoms in total. The van der Waals surface area contributed by atoms with Crippen molar-refractivity contribution in [3.8, 4) is 0 Å². The molecule has 2 amide bonds. The van der Waals surface area contributed by atoms with E-state index in [9.17, 15) is 22.8 Å². The van der Waals surface area contributed by atoms with Crippen LogP contribution in [0.3, 0.4) is 0 Å². The number of hydrogen-bond acceptors (Lipinski definition) is 4. The molecular formula is C14H15F3N4O3. The Morgan fingerprint density at radius 3 is 2.42 bits per heavy atom. The largest absolute Gasteiger partial charge is 0.465 e. The zero-order valence-electron chi connectivity index (χ0n) is 12.6. The number of rotatable bonds is 1. The van der Waals surface area contributed by atoms with Crippen LogP contribution in [0.2, 0.25) is 0 Å². The second-order valence-corrected chi connectivity index (χ2v) is 6.00. The van der Waals surface area contributed by atoms with Crippen molar-refractivity contribution in [2.45, 2.75) is 25.4 Å². The SMILES string of the molecule is O=C(O)N1CCC2(CC1)CCN(c1nccc(C(F)(F)F)n1)C2=O. The summed E-state index contributed by atoms with van der Waals surface area (Å²) in [6.07, 6.45) is -3.49. The summed E-state index contributed by atoms with van der Waals surface area (Å²) in [6, 6.07) is 0.755. The van der Waals surface area contributed by atoms with Crippen molar-refractivity contribution in [1.82, 2.24) is 14.9 Å². The van der Waals surface area contributed by atoms with E-state index < -0.39 is 23.4 Å². The van der Waals surface area contributed by atoms with Gasteiger partial charge in [-0.25, -0.2) is 14.8 Å². The standard InChI is InChI=1S/C14H15F3N4O3/c15-14(16,17)9-1-5-18-11(19-9)21-8-4-13(10(21)22)2-6-20(7-3-13)12(23)24/h1,5H,2-4,6-8H2,(H,23,24). The van der Waals surface area contributed by atoms with Gasteiger partial charge in [0.2, 0.25) is 11.9 Å². The summed E-state index contributed by atoms with van der Waals surface area (Å²) >= 11 is 0. The van der Waals surface area contributed by atoms with Gasteiger partial charge in [0.15, 0.2) is 0 Å². The van der Waals surface area contributed by atoms with Crippen molar-refractivity contribution < 1.29 is 27.9 Å². The monoisotopic (exact) mass is 344 g/mol. The van der Waals surface area contributed by atoms with E-state index >= 15 is 0 Å². The highest BCUT2D eigenvalue weighted by Crippen LogP contribution is 2.42. The number of carbonyl (C=O) groups excluding carboxylic acids is 1. The Morgan fingerprint density at radius 2 is 1.83 bits per heavy atom. The van der Waals surface area contributed by atoms with Crippen molar-refractivity contribution in [3.63, 3.8) is 0 Å². The van der Waals surface area contributed by atoms with E-state index in [-0.39, 0.29) is 31.5 Å². The number of halogens is 3. The van der Waals surface area contributed by atoms with Crippen LogP contribution in [0.25, 0.3) is 0 Å². The summed E-state index contributed by atoms with van der Waals surface area (Å²) in [7, 11) is 0. The molecular weight excluding hydrogens is 329 g/mol. The Labute approximate surface area is 135 Å². The average Bonchev–Trinajstić information content (AvgIpc) is 2.84. The lowest BCUT2D eigenvalue weighted by Gasteiger charge is -2.36. The summed E-state index contributed by atoms with van der Waals surface area (Å²) in [5.41, 5.74) is -1.83. The number of aromatic nitrogens is 2. The fourth-order valence-corrected chi connectivity index (χ4v) is 3.24. The van der Waals surface area contributed by atoms with Gasteiger partial charge in [-0.1, -0.05) is 0 Å². The van der Waals surface area contributed by atoms with Gasteiger partial charge in [0.25, 0.3) is 0 Å². The maximum absolute atomic E-state index is 12.8. The van der Waals surface area contributed by atoms with Gasteiger partial charge in [-0.05, 0) is 25.3 Å². The second-order valence-electron chi connectivity index (χ2n) is 6.00. The molecule has 3 heterocycles. The Hall–Kier alpha value is -2.39. The minimum Gasteiger partial charge on any atom is -0.465 e. The summed E-state index contributed by atoms with van der Waals surface area (Å²) in [5, 5.41) is 8.98. The van der Waals surface area contributed by atoms with E-state index in [0.29, 0.717) is 19.3 Å². The zero-order valence-corrected chi connectivity index (χ0v) is 12.6. The molecule has 0 unspecified atom stereocenters. The fraction of sp³-hybridized carbons (Fsp3) is 0.571. The molecule has 10 heteroatoms. The van der Waals surface area contributed by atoms with Gasteiger partial charge < -0.3 is 10.0 Å². The number of anilines is 1. The predicted octanol–water partition coefficient (Wildman–Crippen LogP) is 1.99. The van der Waals surface area contributed by atoms with Crippen LogP contribution in [0.15, 0.2) is 12.3 Å². The fourth-order valence-electron chi connectivity index (χ4n) is 3.24. The molecule has 2 aliphatic heterocycles. The lowest BCUT2D eigenvalue weighted by atomic mass is 9.77.